The minimum absolute atomic E-state index is 0.265. The van der Waals surface area contributed by atoms with Crippen LogP contribution in [0, 0.1) is 5.82 Å². The molecule has 27 heavy (non-hydrogen) atoms. The maximum Gasteiger partial charge on any atom is 0.267 e. The van der Waals surface area contributed by atoms with Crippen LogP contribution in [0.3, 0.4) is 0 Å². The lowest BCUT2D eigenvalue weighted by atomic mass is 10.2. The van der Waals surface area contributed by atoms with Crippen LogP contribution in [0.15, 0.2) is 46.9 Å². The maximum atomic E-state index is 14.0. The van der Waals surface area contributed by atoms with Gasteiger partial charge in [0.25, 0.3) is 5.91 Å². The molecule has 1 aliphatic rings. The van der Waals surface area contributed by atoms with Crippen molar-refractivity contribution in [2.45, 2.75) is 6.54 Å². The predicted octanol–water partition coefficient (Wildman–Crippen LogP) is 3.84. The van der Waals surface area contributed by atoms with E-state index in [1.807, 2.05) is 12.1 Å². The summed E-state index contributed by atoms with van der Waals surface area (Å²) in [5.41, 5.74) is 3.09. The van der Waals surface area contributed by atoms with Gasteiger partial charge in [-0.25, -0.2) is 4.39 Å². The number of hydrogen-bond donors (Lipinski definition) is 2. The number of rotatable bonds is 4. The molecule has 2 aromatic carbocycles. The molecule has 2 heterocycles. The Bertz CT molecular complexity index is 965. The topological polar surface area (TPSA) is 57.4 Å². The van der Waals surface area contributed by atoms with Gasteiger partial charge in [0.15, 0.2) is 0 Å². The van der Waals surface area contributed by atoms with Crippen molar-refractivity contribution >= 4 is 38.4 Å². The largest absolute Gasteiger partial charge is 0.378 e. The second-order valence-electron chi connectivity index (χ2n) is 6.48. The smallest absolute Gasteiger partial charge is 0.267 e. The summed E-state index contributed by atoms with van der Waals surface area (Å²) in [5, 5.41) is 3.27. The number of halogens is 2. The van der Waals surface area contributed by atoms with Crippen molar-refractivity contribution in [3.63, 3.8) is 0 Å². The average Bonchev–Trinajstić information content (AvgIpc) is 3.12. The number of morpholine rings is 1. The van der Waals surface area contributed by atoms with E-state index in [0.717, 1.165) is 37.6 Å². The van der Waals surface area contributed by atoms with Gasteiger partial charge in [0.05, 0.1) is 18.7 Å². The highest BCUT2D eigenvalue weighted by atomic mass is 79.9. The van der Waals surface area contributed by atoms with E-state index in [1.165, 1.54) is 12.1 Å². The number of nitrogens with one attached hydrogen (secondary N) is 2. The molecule has 0 atom stereocenters. The number of hydrogen-bond acceptors (Lipinski definition) is 3. The fourth-order valence-corrected chi connectivity index (χ4v) is 3.64. The van der Waals surface area contributed by atoms with Crippen molar-refractivity contribution in [1.29, 1.82) is 0 Å². The fraction of sp³-hybridized carbons (Fsp3) is 0.250. The number of anilines is 1. The number of H-pyrrole nitrogens is 1. The normalized spacial score (nSPS) is 14.5. The van der Waals surface area contributed by atoms with Crippen molar-refractivity contribution in [3.05, 3.63) is 64.0 Å². The molecule has 0 unspecified atom stereocenters. The number of ether oxygens (including phenoxy) is 1. The Balaban J connectivity index is 1.41. The molecule has 3 aromatic rings. The second kappa shape index (κ2) is 7.70. The first-order valence-electron chi connectivity index (χ1n) is 8.78. The van der Waals surface area contributed by atoms with Crippen molar-refractivity contribution in [2.75, 3.05) is 31.2 Å². The molecule has 4 rings (SSSR count). The first-order chi connectivity index (χ1) is 13.1. The van der Waals surface area contributed by atoms with Crippen LogP contribution in [0.2, 0.25) is 0 Å². The Labute approximate surface area is 164 Å². The molecule has 0 saturated carbocycles. The van der Waals surface area contributed by atoms with Crippen molar-refractivity contribution < 1.29 is 13.9 Å². The lowest BCUT2D eigenvalue weighted by Crippen LogP contribution is -2.36. The minimum Gasteiger partial charge on any atom is -0.378 e. The molecule has 0 radical (unpaired) electrons. The third-order valence-electron chi connectivity index (χ3n) is 4.66. The Hall–Kier alpha value is -2.38. The van der Waals surface area contributed by atoms with Crippen LogP contribution in [0.1, 0.15) is 16.1 Å². The first kappa shape index (κ1) is 18.0. The highest BCUT2D eigenvalue weighted by molar-refractivity contribution is 9.10. The molecule has 0 aliphatic carbocycles. The molecule has 1 aliphatic heterocycles. The summed E-state index contributed by atoms with van der Waals surface area (Å²) in [5.74, 6) is -0.632. The first-order valence-corrected chi connectivity index (χ1v) is 9.57. The maximum absolute atomic E-state index is 14.0. The molecular weight excluding hydrogens is 413 g/mol. The Morgan fingerprint density at radius 1 is 1.19 bits per heavy atom. The molecule has 1 amide bonds. The SMILES string of the molecule is O=C(NCc1ccc(N2CCOCC2)cc1)c1cc2c(F)cc(Br)cc2[nH]1. The zero-order valence-corrected chi connectivity index (χ0v) is 16.2. The summed E-state index contributed by atoms with van der Waals surface area (Å²) in [4.78, 5) is 17.6. The standard InChI is InChI=1S/C20H19BrFN3O2/c21-14-9-17(22)16-11-19(24-18(16)10-14)20(26)23-12-13-1-3-15(4-2-13)25-5-7-27-8-6-25/h1-4,9-11,24H,5-8,12H2,(H,23,26). The molecule has 140 valence electrons. The molecule has 1 aromatic heterocycles. The van der Waals surface area contributed by atoms with Gasteiger partial charge in [0, 0.05) is 35.2 Å². The third kappa shape index (κ3) is 3.99. The van der Waals surface area contributed by atoms with Crippen LogP contribution in [0.25, 0.3) is 10.9 Å². The number of nitrogens with zero attached hydrogens (tertiary/aromatic N) is 1. The van der Waals surface area contributed by atoms with Gasteiger partial charge >= 0.3 is 0 Å². The lowest BCUT2D eigenvalue weighted by molar-refractivity contribution is 0.0946. The van der Waals surface area contributed by atoms with Gasteiger partial charge in [0.1, 0.15) is 11.5 Å². The number of carbonyl (C=O) groups excluding carboxylic acids is 1. The minimum atomic E-state index is -0.367. The number of aromatic nitrogens is 1. The third-order valence-corrected chi connectivity index (χ3v) is 5.12. The van der Waals surface area contributed by atoms with Gasteiger partial charge in [-0.3, -0.25) is 4.79 Å². The highest BCUT2D eigenvalue weighted by Crippen LogP contribution is 2.24. The highest BCUT2D eigenvalue weighted by Gasteiger charge is 2.13. The van der Waals surface area contributed by atoms with Crippen LogP contribution in [0.4, 0.5) is 10.1 Å². The van der Waals surface area contributed by atoms with E-state index in [1.54, 1.807) is 6.07 Å². The summed E-state index contributed by atoms with van der Waals surface area (Å²) in [6, 6.07) is 12.8. The van der Waals surface area contributed by atoms with Gasteiger partial charge in [-0.1, -0.05) is 28.1 Å². The summed E-state index contributed by atoms with van der Waals surface area (Å²) >= 11 is 3.25. The van der Waals surface area contributed by atoms with Gasteiger partial charge in [0.2, 0.25) is 0 Å². The Morgan fingerprint density at radius 3 is 2.67 bits per heavy atom. The monoisotopic (exact) mass is 431 g/mol. The van der Waals surface area contributed by atoms with Crippen LogP contribution in [0.5, 0.6) is 0 Å². The second-order valence-corrected chi connectivity index (χ2v) is 7.40. The Kier molecular flexibility index (Phi) is 5.13. The van der Waals surface area contributed by atoms with Crippen molar-refractivity contribution in [3.8, 4) is 0 Å². The number of fused-ring (bicyclic) bond motifs is 1. The Morgan fingerprint density at radius 2 is 1.93 bits per heavy atom. The summed E-state index contributed by atoms with van der Waals surface area (Å²) < 4.78 is 20.0. The molecule has 2 N–H and O–H groups in total. The molecule has 5 nitrogen and oxygen atoms in total. The molecule has 0 bridgehead atoms. The van der Waals surface area contributed by atoms with Gasteiger partial charge in [-0.15, -0.1) is 0 Å². The number of aromatic amines is 1. The van der Waals surface area contributed by atoms with E-state index < -0.39 is 0 Å². The number of benzene rings is 2. The molecule has 0 spiro atoms. The van der Waals surface area contributed by atoms with E-state index in [4.69, 9.17) is 4.74 Å². The zero-order chi connectivity index (χ0) is 18.8. The molecule has 1 saturated heterocycles. The van der Waals surface area contributed by atoms with E-state index in [-0.39, 0.29) is 11.7 Å². The molecule has 7 heteroatoms. The van der Waals surface area contributed by atoms with Crippen LogP contribution in [-0.4, -0.2) is 37.2 Å². The summed E-state index contributed by atoms with van der Waals surface area (Å²) in [6.07, 6.45) is 0. The molecule has 1 fully saturated rings. The van der Waals surface area contributed by atoms with Gasteiger partial charge in [-0.2, -0.15) is 0 Å². The van der Waals surface area contributed by atoms with Crippen molar-refractivity contribution in [1.82, 2.24) is 10.3 Å². The van der Waals surface area contributed by atoms with Crippen LogP contribution >= 0.6 is 15.9 Å². The van der Waals surface area contributed by atoms with Crippen LogP contribution in [-0.2, 0) is 11.3 Å². The number of carbonyl (C=O) groups is 1. The average molecular weight is 432 g/mol. The van der Waals surface area contributed by atoms with Crippen LogP contribution < -0.4 is 10.2 Å². The zero-order valence-electron chi connectivity index (χ0n) is 14.6. The van der Waals surface area contributed by atoms with E-state index >= 15 is 0 Å². The van der Waals surface area contributed by atoms with E-state index in [9.17, 15) is 9.18 Å². The van der Waals surface area contributed by atoms with Gasteiger partial charge < -0.3 is 19.9 Å². The molecular formula is C20H19BrFN3O2. The fourth-order valence-electron chi connectivity index (χ4n) is 3.21. The van der Waals surface area contributed by atoms with Gasteiger partial charge in [-0.05, 0) is 35.9 Å². The van der Waals surface area contributed by atoms with E-state index in [2.05, 4.69) is 43.3 Å². The lowest BCUT2D eigenvalue weighted by Gasteiger charge is -2.28. The predicted molar refractivity (Wildman–Crippen MR) is 107 cm³/mol. The van der Waals surface area contributed by atoms with E-state index in [0.29, 0.717) is 27.6 Å². The van der Waals surface area contributed by atoms with Crippen molar-refractivity contribution in [2.24, 2.45) is 0 Å². The summed E-state index contributed by atoms with van der Waals surface area (Å²) in [6.45, 7) is 3.69. The quantitative estimate of drug-likeness (QED) is 0.659. The number of amides is 1. The summed E-state index contributed by atoms with van der Waals surface area (Å²) in [7, 11) is 0.